The van der Waals surface area contributed by atoms with Gasteiger partial charge < -0.3 is 29.5 Å². The summed E-state index contributed by atoms with van der Waals surface area (Å²) in [6.07, 6.45) is 1.09. The molecule has 2 amide bonds. The average Bonchev–Trinajstić information content (AvgIpc) is 3.47. The van der Waals surface area contributed by atoms with Gasteiger partial charge in [0, 0.05) is 37.9 Å². The molecule has 1 aromatic carbocycles. The van der Waals surface area contributed by atoms with Gasteiger partial charge in [0.15, 0.2) is 0 Å². The van der Waals surface area contributed by atoms with E-state index in [0.29, 0.717) is 28.8 Å². The summed E-state index contributed by atoms with van der Waals surface area (Å²) in [6.45, 7) is 15.8. The van der Waals surface area contributed by atoms with Crippen LogP contribution in [0, 0.1) is 45.4 Å². The number of aromatic nitrogens is 1. The van der Waals surface area contributed by atoms with Gasteiger partial charge >= 0.3 is 5.97 Å². The molecule has 54 heavy (non-hydrogen) atoms. The Morgan fingerprint density at radius 2 is 1.61 bits per heavy atom. The number of anilines is 1. The first-order valence-corrected chi connectivity index (χ1v) is 19.1. The van der Waals surface area contributed by atoms with E-state index in [1.165, 1.54) is 33.8 Å². The van der Waals surface area contributed by atoms with Crippen LogP contribution in [0.25, 0.3) is 6.08 Å². The third-order valence-electron chi connectivity index (χ3n) is 9.40. The molecule has 4 rings (SSSR count). The number of nitrogens with one attached hydrogen (secondary N) is 2. The fourth-order valence-corrected chi connectivity index (χ4v) is 8.54. The molecule has 1 fully saturated rings. The van der Waals surface area contributed by atoms with Crippen LogP contribution in [0.15, 0.2) is 32.8 Å². The maximum Gasteiger partial charge on any atom is 0.347 e. The first-order chi connectivity index (χ1) is 24.6. The Morgan fingerprint density at radius 1 is 1.00 bits per heavy atom. The number of amides is 2. The van der Waals surface area contributed by atoms with Crippen LogP contribution in [0.5, 0.6) is 5.75 Å². The third-order valence-corrected chi connectivity index (χ3v) is 10.9. The molecule has 6 atom stereocenters. The van der Waals surface area contributed by atoms with Gasteiger partial charge in [-0.05, 0) is 99.4 Å². The predicted octanol–water partition coefficient (Wildman–Crippen LogP) is 3.86. The number of aryl methyl sites for hydroxylation is 2. The van der Waals surface area contributed by atoms with Crippen LogP contribution in [-0.2, 0) is 75.9 Å². The number of allylic oxidation sites excluding steroid dienone is 1. The first kappa shape index (κ1) is 45.0. The molecular weight excluding hydrogens is 798 g/mol. The van der Waals surface area contributed by atoms with E-state index in [1.807, 2.05) is 20.8 Å². The Morgan fingerprint density at radius 3 is 2.19 bits per heavy atom. The molecule has 2 heterocycles. The van der Waals surface area contributed by atoms with Crippen molar-refractivity contribution in [3.8, 4) is 5.75 Å². The number of aliphatic imine (C=N–C) groups is 1. The number of rotatable bonds is 11. The molecule has 0 saturated heterocycles. The third kappa shape index (κ3) is 10.1. The molecule has 1 saturated carbocycles. The van der Waals surface area contributed by atoms with Crippen molar-refractivity contribution in [2.24, 2.45) is 22.7 Å². The summed E-state index contributed by atoms with van der Waals surface area (Å²) in [5.74, 6) is -2.29. The number of benzene rings is 1. The van der Waals surface area contributed by atoms with Crippen molar-refractivity contribution in [3.63, 3.8) is 0 Å². The maximum absolute atomic E-state index is 13.7. The fraction of sp³-hybridized carbons (Fsp3) is 0.486. The van der Waals surface area contributed by atoms with Gasteiger partial charge in [0.05, 0.1) is 28.1 Å². The Balaban J connectivity index is 0.00000784. The number of esters is 1. The van der Waals surface area contributed by atoms with Crippen LogP contribution in [0.1, 0.15) is 81.5 Å². The molecule has 0 radical (unpaired) electrons. The normalized spacial score (nSPS) is 22.8. The van der Waals surface area contributed by atoms with E-state index in [-0.39, 0.29) is 89.2 Å². The number of hydrogen-bond donors (Lipinski definition) is 2. The smallest absolute Gasteiger partial charge is 0.347 e. The zero-order valence-electron chi connectivity index (χ0n) is 31.8. The molecule has 292 valence electrons. The quantitative estimate of drug-likeness (QED) is 0.0623. The SMILES string of the molecule is CC(=O)NC1=N/C(=C\c2[n-]c(NC(C)=O)c(COOC3C(C)CC(C)C(OS(=O)[O-])C3C)c2C)C(C)=C1C(=O)Oc1c(C)cc(C)c(S(=O)(=O)[O-])c1C.[Zn]. The monoisotopic (exact) mass is 839 g/mol. The van der Waals surface area contributed by atoms with Crippen LogP contribution in [0.3, 0.4) is 0 Å². The summed E-state index contributed by atoms with van der Waals surface area (Å²) in [5, 5.41) is 5.21. The van der Waals surface area contributed by atoms with Crippen LogP contribution >= 0.6 is 0 Å². The molecule has 0 bridgehead atoms. The standard InChI is InChI=1S/C35H46N4O12S2.Zn/c1-15-12-18(4)32(53(45,46)47)22(8)29(15)49-35(42)28-20(6)27(39-34(28)37-24(10)41)13-26-19(5)25(33(38-26)36-23(9)40)14-48-50-30-16(2)11-17(3)31(21(30)7)51-52(43)44;/h12-13,16-17,21,30-31H,11,14H2,1-10H3,(H5,36,37,38,39,40,41,42,43,44,45,46,47);/p-3. The first-order valence-electron chi connectivity index (χ1n) is 16.7. The Hall–Kier alpha value is -3.42. The predicted molar refractivity (Wildman–Crippen MR) is 191 cm³/mol. The van der Waals surface area contributed by atoms with E-state index in [4.69, 9.17) is 18.7 Å². The minimum atomic E-state index is -4.90. The molecule has 2 N–H and O–H groups in total. The number of ether oxygens (including phenoxy) is 1. The molecule has 2 aromatic rings. The summed E-state index contributed by atoms with van der Waals surface area (Å²) in [6, 6.07) is 1.42. The van der Waals surface area contributed by atoms with Gasteiger partial charge in [0.2, 0.25) is 5.91 Å². The van der Waals surface area contributed by atoms with E-state index in [2.05, 4.69) is 20.6 Å². The summed E-state index contributed by atoms with van der Waals surface area (Å²) in [4.78, 5) is 58.0. The van der Waals surface area contributed by atoms with Crippen LogP contribution in [0.2, 0.25) is 0 Å². The molecule has 1 aromatic heterocycles. The number of carbonyl (C=O) groups is 3. The van der Waals surface area contributed by atoms with Crippen molar-refractivity contribution in [1.82, 2.24) is 10.3 Å². The zero-order valence-corrected chi connectivity index (χ0v) is 36.4. The van der Waals surface area contributed by atoms with Crippen molar-refractivity contribution < 1.29 is 74.3 Å². The van der Waals surface area contributed by atoms with Crippen molar-refractivity contribution in [3.05, 3.63) is 56.4 Å². The summed E-state index contributed by atoms with van der Waals surface area (Å²) < 4.78 is 69.4. The second kappa shape index (κ2) is 18.0. The zero-order chi connectivity index (χ0) is 39.7. The van der Waals surface area contributed by atoms with Crippen LogP contribution in [-0.4, -0.2) is 57.6 Å². The van der Waals surface area contributed by atoms with E-state index < -0.39 is 56.4 Å². The summed E-state index contributed by atoms with van der Waals surface area (Å²) in [5.41, 5.74) is 2.36. The van der Waals surface area contributed by atoms with E-state index in [0.717, 1.165) is 0 Å². The number of carbonyl (C=O) groups excluding carboxylic acids is 3. The number of hydrogen-bond acceptors (Lipinski definition) is 13. The molecule has 0 spiro atoms. The van der Waals surface area contributed by atoms with Gasteiger partial charge in [-0.15, -0.1) is 0 Å². The molecule has 1 aliphatic heterocycles. The topological polar surface area (TPSA) is 236 Å². The maximum atomic E-state index is 13.7. The molecule has 6 unspecified atom stereocenters. The van der Waals surface area contributed by atoms with E-state index in [1.54, 1.807) is 26.8 Å². The Labute approximate surface area is 329 Å². The van der Waals surface area contributed by atoms with Gasteiger partial charge in [-0.3, -0.25) is 13.8 Å². The van der Waals surface area contributed by atoms with Gasteiger partial charge in [-0.2, -0.15) is 0 Å². The average molecular weight is 841 g/mol. The van der Waals surface area contributed by atoms with Crippen molar-refractivity contribution in [2.75, 3.05) is 5.32 Å². The minimum absolute atomic E-state index is 0. The van der Waals surface area contributed by atoms with Gasteiger partial charge in [-0.25, -0.2) is 32.2 Å². The Bertz CT molecular complexity index is 2060. The van der Waals surface area contributed by atoms with E-state index in [9.17, 15) is 36.1 Å². The van der Waals surface area contributed by atoms with Crippen molar-refractivity contribution in [2.45, 2.75) is 99.4 Å². The van der Waals surface area contributed by atoms with Gasteiger partial charge in [-0.1, -0.05) is 32.7 Å². The van der Waals surface area contributed by atoms with Crippen molar-refractivity contribution >= 4 is 57.0 Å². The van der Waals surface area contributed by atoms with E-state index >= 15 is 0 Å². The van der Waals surface area contributed by atoms with Crippen molar-refractivity contribution in [1.29, 1.82) is 0 Å². The van der Waals surface area contributed by atoms with Gasteiger partial charge in [0.25, 0.3) is 0 Å². The van der Waals surface area contributed by atoms with Crippen LogP contribution in [0.4, 0.5) is 5.82 Å². The summed E-state index contributed by atoms with van der Waals surface area (Å²) in [7, 11) is -4.90. The number of nitrogens with zero attached hydrogens (tertiary/aromatic N) is 2. The largest absolute Gasteiger partial charge is 0.750 e. The number of amidine groups is 1. The molecule has 19 heteroatoms. The fourth-order valence-electron chi connectivity index (χ4n) is 7.08. The molecule has 16 nitrogen and oxygen atoms in total. The van der Waals surface area contributed by atoms with Gasteiger partial charge in [0.1, 0.15) is 45.9 Å². The molecule has 1 aliphatic carbocycles. The minimum Gasteiger partial charge on any atom is -0.750 e. The second-order valence-corrected chi connectivity index (χ2v) is 15.5. The molecule has 2 aliphatic rings. The molecular formula is C35H43N4O12S2Zn-3. The van der Waals surface area contributed by atoms with Crippen LogP contribution < -0.4 is 20.4 Å². The summed E-state index contributed by atoms with van der Waals surface area (Å²) >= 11 is -2.70. The second-order valence-electron chi connectivity index (χ2n) is 13.6. The Kier molecular flexibility index (Phi) is 15.0.